The lowest BCUT2D eigenvalue weighted by Gasteiger charge is -2.25. The summed E-state index contributed by atoms with van der Waals surface area (Å²) in [7, 11) is 0. The first kappa shape index (κ1) is 10.9. The molecule has 0 heterocycles. The van der Waals surface area contributed by atoms with E-state index in [1.807, 2.05) is 20.8 Å². The first-order chi connectivity index (χ1) is 4.95. The fraction of sp³-hybridized carbons (Fsp3) is 1.00. The van der Waals surface area contributed by atoms with Crippen LogP contribution in [0.3, 0.4) is 0 Å². The summed E-state index contributed by atoms with van der Waals surface area (Å²) in [4.78, 5) is 0. The smallest absolute Gasteiger partial charge is 0.0713 e. The molecule has 0 aliphatic heterocycles. The third-order valence-electron chi connectivity index (χ3n) is 1.79. The Morgan fingerprint density at radius 1 is 1.00 bits per heavy atom. The van der Waals surface area contributed by atoms with E-state index in [0.29, 0.717) is 12.0 Å². The molecule has 0 saturated carbocycles. The van der Waals surface area contributed by atoms with E-state index in [2.05, 4.69) is 19.2 Å². The Morgan fingerprint density at radius 3 is 1.73 bits per heavy atom. The van der Waals surface area contributed by atoms with Crippen molar-refractivity contribution in [1.29, 1.82) is 0 Å². The summed E-state index contributed by atoms with van der Waals surface area (Å²) in [5.74, 6) is 0.330. The molecule has 68 valence electrons. The second-order valence-electron chi connectivity index (χ2n) is 3.84. The van der Waals surface area contributed by atoms with E-state index in [4.69, 9.17) is 0 Å². The fourth-order valence-electron chi connectivity index (χ4n) is 1.20. The lowest BCUT2D eigenvalue weighted by atomic mass is 10.0. The molecule has 0 aromatic rings. The van der Waals surface area contributed by atoms with Gasteiger partial charge in [0.05, 0.1) is 6.10 Å². The summed E-state index contributed by atoms with van der Waals surface area (Å²) in [6.07, 6.45) is -0.239. The molecule has 0 fully saturated rings. The zero-order valence-electron chi connectivity index (χ0n) is 8.26. The summed E-state index contributed by atoms with van der Waals surface area (Å²) in [5.41, 5.74) is 0. The van der Waals surface area contributed by atoms with Crippen LogP contribution in [0.25, 0.3) is 0 Å². The number of aliphatic hydroxyl groups excluding tert-OH is 1. The molecule has 0 aliphatic carbocycles. The molecule has 0 bridgehead atoms. The molecular formula is C9H21NO. The monoisotopic (exact) mass is 159 g/mol. The fourth-order valence-corrected chi connectivity index (χ4v) is 1.20. The quantitative estimate of drug-likeness (QED) is 0.649. The minimum absolute atomic E-state index is 0.190. The zero-order chi connectivity index (χ0) is 9.02. The molecule has 0 saturated heterocycles. The Labute approximate surface area is 70.0 Å². The lowest BCUT2D eigenvalue weighted by molar-refractivity contribution is 0.0865. The highest BCUT2D eigenvalue weighted by molar-refractivity contribution is 4.74. The van der Waals surface area contributed by atoms with Gasteiger partial charge in [0.1, 0.15) is 0 Å². The van der Waals surface area contributed by atoms with Gasteiger partial charge in [-0.3, -0.25) is 0 Å². The maximum Gasteiger partial charge on any atom is 0.0713 e. The largest absolute Gasteiger partial charge is 0.391 e. The third-order valence-corrected chi connectivity index (χ3v) is 1.79. The minimum atomic E-state index is -0.239. The highest BCUT2D eigenvalue weighted by Gasteiger charge is 2.17. The van der Waals surface area contributed by atoms with Gasteiger partial charge in [-0.2, -0.15) is 0 Å². The van der Waals surface area contributed by atoms with Crippen LogP contribution >= 0.6 is 0 Å². The molecule has 0 rings (SSSR count). The summed E-state index contributed by atoms with van der Waals surface area (Å²) in [6.45, 7) is 10.3. The average molecular weight is 159 g/mol. The van der Waals surface area contributed by atoms with E-state index in [0.717, 1.165) is 0 Å². The lowest BCUT2D eigenvalue weighted by Crippen LogP contribution is -2.43. The van der Waals surface area contributed by atoms with Crippen molar-refractivity contribution in [1.82, 2.24) is 5.32 Å². The molecule has 0 radical (unpaired) electrons. The summed E-state index contributed by atoms with van der Waals surface area (Å²) in [6, 6.07) is 0.633. The van der Waals surface area contributed by atoms with Crippen molar-refractivity contribution in [3.8, 4) is 0 Å². The molecule has 0 aromatic carbocycles. The minimum Gasteiger partial charge on any atom is -0.391 e. The second-order valence-corrected chi connectivity index (χ2v) is 3.84. The van der Waals surface area contributed by atoms with Crippen LogP contribution in [0.2, 0.25) is 0 Å². The molecule has 2 heteroatoms. The topological polar surface area (TPSA) is 32.3 Å². The van der Waals surface area contributed by atoms with Crippen LogP contribution in [0.1, 0.15) is 34.6 Å². The van der Waals surface area contributed by atoms with Crippen LogP contribution < -0.4 is 5.32 Å². The molecule has 0 spiro atoms. The first-order valence-corrected chi connectivity index (χ1v) is 4.39. The van der Waals surface area contributed by atoms with E-state index >= 15 is 0 Å². The van der Waals surface area contributed by atoms with Crippen molar-refractivity contribution >= 4 is 0 Å². The molecule has 2 nitrogen and oxygen atoms in total. The standard InChI is InChI=1S/C9H21NO/c1-6(2)9(11)8(5)10-7(3)4/h6-11H,1-5H3/t8-,9+/m0/s1. The Balaban J connectivity index is 3.73. The van der Waals surface area contributed by atoms with Crippen molar-refractivity contribution in [2.24, 2.45) is 5.92 Å². The van der Waals surface area contributed by atoms with Crippen molar-refractivity contribution in [3.63, 3.8) is 0 Å². The number of aliphatic hydroxyl groups is 1. The van der Waals surface area contributed by atoms with Gasteiger partial charge < -0.3 is 10.4 Å². The third kappa shape index (κ3) is 4.38. The molecule has 2 atom stereocenters. The van der Waals surface area contributed by atoms with Gasteiger partial charge in [-0.05, 0) is 12.8 Å². The maximum atomic E-state index is 9.58. The normalized spacial score (nSPS) is 17.5. The van der Waals surface area contributed by atoms with Crippen molar-refractivity contribution in [2.75, 3.05) is 0 Å². The summed E-state index contributed by atoms with van der Waals surface area (Å²) in [5, 5.41) is 12.9. The molecule has 0 aromatic heterocycles. The number of hydrogen-bond acceptors (Lipinski definition) is 2. The molecule has 0 aliphatic rings. The van der Waals surface area contributed by atoms with Gasteiger partial charge in [0.2, 0.25) is 0 Å². The van der Waals surface area contributed by atoms with Gasteiger partial charge in [-0.25, -0.2) is 0 Å². The molecule has 0 unspecified atom stereocenters. The van der Waals surface area contributed by atoms with Crippen molar-refractivity contribution in [2.45, 2.75) is 52.8 Å². The Hall–Kier alpha value is -0.0800. The van der Waals surface area contributed by atoms with E-state index in [-0.39, 0.29) is 12.1 Å². The van der Waals surface area contributed by atoms with Crippen LogP contribution in [-0.4, -0.2) is 23.3 Å². The number of rotatable bonds is 4. The van der Waals surface area contributed by atoms with Gasteiger partial charge in [-0.1, -0.05) is 27.7 Å². The van der Waals surface area contributed by atoms with Crippen LogP contribution in [0.4, 0.5) is 0 Å². The van der Waals surface area contributed by atoms with Crippen LogP contribution in [0, 0.1) is 5.92 Å². The highest BCUT2D eigenvalue weighted by atomic mass is 16.3. The summed E-state index contributed by atoms with van der Waals surface area (Å²) < 4.78 is 0. The molecule has 0 amide bonds. The van der Waals surface area contributed by atoms with Gasteiger partial charge in [-0.15, -0.1) is 0 Å². The highest BCUT2D eigenvalue weighted by Crippen LogP contribution is 2.05. The predicted molar refractivity (Wildman–Crippen MR) is 48.6 cm³/mol. The predicted octanol–water partition coefficient (Wildman–Crippen LogP) is 1.39. The van der Waals surface area contributed by atoms with Crippen LogP contribution in [0.5, 0.6) is 0 Å². The first-order valence-electron chi connectivity index (χ1n) is 4.39. The van der Waals surface area contributed by atoms with E-state index in [1.165, 1.54) is 0 Å². The average Bonchev–Trinajstić information content (AvgIpc) is 1.84. The van der Waals surface area contributed by atoms with E-state index in [9.17, 15) is 5.11 Å². The van der Waals surface area contributed by atoms with Gasteiger partial charge in [0, 0.05) is 12.1 Å². The van der Waals surface area contributed by atoms with Gasteiger partial charge in [0.15, 0.2) is 0 Å². The SMILES string of the molecule is CC(C)N[C@@H](C)[C@H](O)C(C)C. The number of nitrogens with one attached hydrogen (secondary N) is 1. The Morgan fingerprint density at radius 2 is 1.45 bits per heavy atom. The van der Waals surface area contributed by atoms with Crippen LogP contribution in [-0.2, 0) is 0 Å². The number of hydrogen-bond donors (Lipinski definition) is 2. The van der Waals surface area contributed by atoms with E-state index in [1.54, 1.807) is 0 Å². The zero-order valence-corrected chi connectivity index (χ0v) is 8.26. The molecule has 2 N–H and O–H groups in total. The second kappa shape index (κ2) is 4.73. The van der Waals surface area contributed by atoms with Crippen molar-refractivity contribution < 1.29 is 5.11 Å². The Bertz CT molecular complexity index is 102. The van der Waals surface area contributed by atoms with Gasteiger partial charge >= 0.3 is 0 Å². The maximum absolute atomic E-state index is 9.58. The molecular weight excluding hydrogens is 138 g/mol. The Kier molecular flexibility index (Phi) is 4.69. The summed E-state index contributed by atoms with van der Waals surface area (Å²) >= 11 is 0. The van der Waals surface area contributed by atoms with E-state index < -0.39 is 0 Å². The molecule has 11 heavy (non-hydrogen) atoms. The van der Waals surface area contributed by atoms with Crippen molar-refractivity contribution in [3.05, 3.63) is 0 Å². The van der Waals surface area contributed by atoms with Gasteiger partial charge in [0.25, 0.3) is 0 Å². The van der Waals surface area contributed by atoms with Crippen LogP contribution in [0.15, 0.2) is 0 Å².